The maximum atomic E-state index is 12.8. The van der Waals surface area contributed by atoms with E-state index in [0.29, 0.717) is 12.2 Å². The van der Waals surface area contributed by atoms with Crippen molar-refractivity contribution in [2.24, 2.45) is 7.05 Å². The summed E-state index contributed by atoms with van der Waals surface area (Å²) in [5.41, 5.74) is 6.27. The molecule has 0 atom stereocenters. The molecule has 0 aliphatic rings. The molecule has 0 aliphatic carbocycles. The number of para-hydroxylation sites is 1. The molecule has 140 valence electrons. The van der Waals surface area contributed by atoms with E-state index in [9.17, 15) is 4.79 Å². The molecule has 0 spiro atoms. The lowest BCUT2D eigenvalue weighted by molar-refractivity contribution is 0.0944. The van der Waals surface area contributed by atoms with Crippen LogP contribution in [0.4, 0.5) is 5.69 Å². The predicted molar refractivity (Wildman–Crippen MR) is 111 cm³/mol. The number of benzene rings is 2. The van der Waals surface area contributed by atoms with E-state index in [1.54, 1.807) is 16.3 Å². The fourth-order valence-corrected chi connectivity index (χ4v) is 3.57. The van der Waals surface area contributed by atoms with Gasteiger partial charge in [0.15, 0.2) is 0 Å². The van der Waals surface area contributed by atoms with Gasteiger partial charge >= 0.3 is 0 Å². The number of hydrogen-bond donors (Lipinski definition) is 1. The standard InChI is InChI=1S/C21H19N5OS/c1-25-14-17(12-22-25)21-23-19(15-28-21)20(27)24-26(18-10-6-3-7-11-18)13-16-8-4-2-5-9-16/h2-12,14-15H,13H2,1H3,(H,24,27). The van der Waals surface area contributed by atoms with E-state index >= 15 is 0 Å². The zero-order valence-corrected chi connectivity index (χ0v) is 16.1. The van der Waals surface area contributed by atoms with Gasteiger partial charge in [-0.25, -0.2) is 4.98 Å². The highest BCUT2D eigenvalue weighted by Crippen LogP contribution is 2.23. The second kappa shape index (κ2) is 8.06. The molecule has 4 rings (SSSR count). The molecule has 0 bridgehead atoms. The van der Waals surface area contributed by atoms with Crippen molar-refractivity contribution in [1.29, 1.82) is 0 Å². The number of hydrazine groups is 1. The van der Waals surface area contributed by atoms with E-state index in [4.69, 9.17) is 0 Å². The largest absolute Gasteiger partial charge is 0.289 e. The molecule has 1 amide bonds. The van der Waals surface area contributed by atoms with Gasteiger partial charge in [-0.2, -0.15) is 5.10 Å². The Kier molecular flexibility index (Phi) is 5.16. The van der Waals surface area contributed by atoms with Gasteiger partial charge < -0.3 is 0 Å². The first kappa shape index (κ1) is 17.9. The Morgan fingerprint density at radius 1 is 1.11 bits per heavy atom. The maximum absolute atomic E-state index is 12.8. The van der Waals surface area contributed by atoms with Crippen LogP contribution in [0.5, 0.6) is 0 Å². The third-order valence-corrected chi connectivity index (χ3v) is 5.07. The van der Waals surface area contributed by atoms with Crippen LogP contribution in [0.2, 0.25) is 0 Å². The highest BCUT2D eigenvalue weighted by molar-refractivity contribution is 7.13. The van der Waals surface area contributed by atoms with Crippen LogP contribution < -0.4 is 10.4 Å². The molecule has 0 unspecified atom stereocenters. The first-order valence-corrected chi connectivity index (χ1v) is 9.69. The predicted octanol–water partition coefficient (Wildman–Crippen LogP) is 3.90. The van der Waals surface area contributed by atoms with Crippen molar-refractivity contribution in [3.63, 3.8) is 0 Å². The Labute approximate surface area is 167 Å². The molecule has 1 N–H and O–H groups in total. The van der Waals surface area contributed by atoms with Gasteiger partial charge in [0.25, 0.3) is 5.91 Å². The van der Waals surface area contributed by atoms with Crippen molar-refractivity contribution in [3.05, 3.63) is 89.7 Å². The van der Waals surface area contributed by atoms with Gasteiger partial charge in [0.05, 0.1) is 18.4 Å². The van der Waals surface area contributed by atoms with Crippen LogP contribution in [0, 0.1) is 0 Å². The number of aromatic nitrogens is 3. The van der Waals surface area contributed by atoms with Gasteiger partial charge in [-0.3, -0.25) is 19.9 Å². The molecule has 2 aromatic heterocycles. The van der Waals surface area contributed by atoms with Crippen LogP contribution in [0.1, 0.15) is 16.1 Å². The molecule has 0 aliphatic heterocycles. The lowest BCUT2D eigenvalue weighted by Crippen LogP contribution is -2.42. The third-order valence-electron chi connectivity index (χ3n) is 4.18. The molecule has 28 heavy (non-hydrogen) atoms. The smallest absolute Gasteiger partial charge is 0.281 e. The van der Waals surface area contributed by atoms with E-state index in [-0.39, 0.29) is 5.91 Å². The third kappa shape index (κ3) is 4.10. The van der Waals surface area contributed by atoms with Crippen molar-refractivity contribution in [2.75, 3.05) is 5.01 Å². The van der Waals surface area contributed by atoms with Gasteiger partial charge in [0, 0.05) is 24.2 Å². The van der Waals surface area contributed by atoms with Crippen LogP contribution in [0.15, 0.2) is 78.4 Å². The molecular formula is C21H19N5OS. The van der Waals surface area contributed by atoms with Crippen LogP contribution in [-0.2, 0) is 13.6 Å². The molecule has 0 fully saturated rings. The number of aryl methyl sites for hydroxylation is 1. The fourth-order valence-electron chi connectivity index (χ4n) is 2.79. The molecule has 0 saturated carbocycles. The summed E-state index contributed by atoms with van der Waals surface area (Å²) in [5, 5.41) is 8.53. The van der Waals surface area contributed by atoms with E-state index in [1.807, 2.05) is 78.9 Å². The van der Waals surface area contributed by atoms with E-state index < -0.39 is 0 Å². The second-order valence-electron chi connectivity index (χ2n) is 6.29. The van der Waals surface area contributed by atoms with Crippen molar-refractivity contribution in [3.8, 4) is 10.6 Å². The molecular weight excluding hydrogens is 370 g/mol. The first-order valence-electron chi connectivity index (χ1n) is 8.81. The molecule has 2 heterocycles. The second-order valence-corrected chi connectivity index (χ2v) is 7.15. The number of nitrogens with one attached hydrogen (secondary N) is 1. The number of carbonyl (C=O) groups excluding carboxylic acids is 1. The number of carbonyl (C=O) groups is 1. The Hall–Kier alpha value is -3.45. The monoisotopic (exact) mass is 389 g/mol. The minimum Gasteiger partial charge on any atom is -0.281 e. The lowest BCUT2D eigenvalue weighted by Gasteiger charge is -2.25. The number of amides is 1. The van der Waals surface area contributed by atoms with Crippen molar-refractivity contribution < 1.29 is 4.79 Å². The molecule has 0 saturated heterocycles. The molecule has 6 nitrogen and oxygen atoms in total. The van der Waals surface area contributed by atoms with Crippen LogP contribution in [0.25, 0.3) is 10.6 Å². The van der Waals surface area contributed by atoms with Crippen molar-refractivity contribution >= 4 is 22.9 Å². The summed E-state index contributed by atoms with van der Waals surface area (Å²) < 4.78 is 1.72. The Balaban J connectivity index is 1.54. The average molecular weight is 389 g/mol. The number of thiazole rings is 1. The summed E-state index contributed by atoms with van der Waals surface area (Å²) in [6, 6.07) is 19.8. The SMILES string of the molecule is Cn1cc(-c2nc(C(=O)NN(Cc3ccccc3)c3ccccc3)cs2)cn1. The normalized spacial score (nSPS) is 10.6. The van der Waals surface area contributed by atoms with Gasteiger partial charge in [-0.15, -0.1) is 11.3 Å². The quantitative estimate of drug-likeness (QED) is 0.508. The van der Waals surface area contributed by atoms with E-state index in [0.717, 1.165) is 21.8 Å². The lowest BCUT2D eigenvalue weighted by atomic mass is 10.2. The molecule has 2 aromatic carbocycles. The molecule has 0 radical (unpaired) electrons. The number of anilines is 1. The molecule has 4 aromatic rings. The minimum atomic E-state index is -0.244. The highest BCUT2D eigenvalue weighted by atomic mass is 32.1. The van der Waals surface area contributed by atoms with Gasteiger partial charge in [-0.1, -0.05) is 48.5 Å². The zero-order chi connectivity index (χ0) is 19.3. The van der Waals surface area contributed by atoms with Crippen LogP contribution in [-0.4, -0.2) is 20.7 Å². The van der Waals surface area contributed by atoms with Crippen LogP contribution >= 0.6 is 11.3 Å². The van der Waals surface area contributed by atoms with Gasteiger partial charge in [0.1, 0.15) is 10.7 Å². The first-order chi connectivity index (χ1) is 13.7. The Bertz CT molecular complexity index is 1060. The van der Waals surface area contributed by atoms with E-state index in [1.165, 1.54) is 11.3 Å². The Morgan fingerprint density at radius 3 is 2.50 bits per heavy atom. The number of rotatable bonds is 6. The summed E-state index contributed by atoms with van der Waals surface area (Å²) in [4.78, 5) is 17.3. The number of hydrogen-bond acceptors (Lipinski definition) is 5. The maximum Gasteiger partial charge on any atom is 0.289 e. The van der Waals surface area contributed by atoms with Gasteiger partial charge in [-0.05, 0) is 17.7 Å². The summed E-state index contributed by atoms with van der Waals surface area (Å²) in [6.45, 7) is 0.552. The topological polar surface area (TPSA) is 63.1 Å². The van der Waals surface area contributed by atoms with Crippen molar-refractivity contribution in [1.82, 2.24) is 20.2 Å². The van der Waals surface area contributed by atoms with Gasteiger partial charge in [0.2, 0.25) is 0 Å². The zero-order valence-electron chi connectivity index (χ0n) is 15.3. The fraction of sp³-hybridized carbons (Fsp3) is 0.0952. The van der Waals surface area contributed by atoms with Crippen molar-refractivity contribution in [2.45, 2.75) is 6.54 Å². The number of nitrogens with zero attached hydrogens (tertiary/aromatic N) is 4. The molecule has 7 heteroatoms. The van der Waals surface area contributed by atoms with E-state index in [2.05, 4.69) is 15.5 Å². The Morgan fingerprint density at radius 2 is 1.82 bits per heavy atom. The minimum absolute atomic E-state index is 0.244. The highest BCUT2D eigenvalue weighted by Gasteiger charge is 2.16. The summed E-state index contributed by atoms with van der Waals surface area (Å²) in [6.07, 6.45) is 3.62. The summed E-state index contributed by atoms with van der Waals surface area (Å²) in [5.74, 6) is -0.244. The summed E-state index contributed by atoms with van der Waals surface area (Å²) in [7, 11) is 1.85. The van der Waals surface area contributed by atoms with Crippen LogP contribution in [0.3, 0.4) is 0 Å². The summed E-state index contributed by atoms with van der Waals surface area (Å²) >= 11 is 1.43. The average Bonchev–Trinajstić information content (AvgIpc) is 3.38.